The zero-order valence-electron chi connectivity index (χ0n) is 10.1. The van der Waals surface area contributed by atoms with Gasteiger partial charge >= 0.3 is 0 Å². The van der Waals surface area contributed by atoms with E-state index in [-0.39, 0.29) is 11.6 Å². The third-order valence-corrected chi connectivity index (χ3v) is 4.57. The van der Waals surface area contributed by atoms with Gasteiger partial charge in [-0.05, 0) is 24.3 Å². The molecule has 1 spiro atoms. The van der Waals surface area contributed by atoms with E-state index in [1.807, 2.05) is 18.8 Å². The molecule has 1 aromatic heterocycles. The van der Waals surface area contributed by atoms with Crippen molar-refractivity contribution in [1.82, 2.24) is 20.1 Å². The van der Waals surface area contributed by atoms with Crippen LogP contribution in [-0.4, -0.2) is 45.0 Å². The van der Waals surface area contributed by atoms with Crippen molar-refractivity contribution in [2.24, 2.45) is 7.05 Å². The Kier molecular flexibility index (Phi) is 3.10. The van der Waals surface area contributed by atoms with Gasteiger partial charge in [0.1, 0.15) is 6.33 Å². The summed E-state index contributed by atoms with van der Waals surface area (Å²) in [4.78, 5) is 4.39. The molecular formula is C11H18N4OS. The molecule has 2 aliphatic heterocycles. The fraction of sp³-hybridized carbons (Fsp3) is 0.818. The predicted octanol–water partition coefficient (Wildman–Crippen LogP) is 0.742. The van der Waals surface area contributed by atoms with Crippen LogP contribution in [0, 0.1) is 0 Å². The number of morpholine rings is 1. The van der Waals surface area contributed by atoms with Crippen molar-refractivity contribution in [2.75, 3.05) is 24.7 Å². The molecular weight excluding hydrogens is 236 g/mol. The molecule has 6 heteroatoms. The first-order valence-electron chi connectivity index (χ1n) is 6.11. The van der Waals surface area contributed by atoms with E-state index >= 15 is 0 Å². The summed E-state index contributed by atoms with van der Waals surface area (Å²) in [5, 5.41) is 7.98. The summed E-state index contributed by atoms with van der Waals surface area (Å²) in [6.07, 6.45) is 3.94. The highest BCUT2D eigenvalue weighted by molar-refractivity contribution is 7.99. The first kappa shape index (κ1) is 11.5. The monoisotopic (exact) mass is 254 g/mol. The topological polar surface area (TPSA) is 52.0 Å². The molecule has 3 rings (SSSR count). The van der Waals surface area contributed by atoms with E-state index in [2.05, 4.69) is 15.4 Å². The molecule has 2 aliphatic rings. The molecule has 0 saturated carbocycles. The van der Waals surface area contributed by atoms with Crippen molar-refractivity contribution in [3.05, 3.63) is 12.2 Å². The van der Waals surface area contributed by atoms with E-state index < -0.39 is 0 Å². The van der Waals surface area contributed by atoms with Crippen LogP contribution >= 0.6 is 11.8 Å². The number of rotatable bonds is 1. The van der Waals surface area contributed by atoms with E-state index in [9.17, 15) is 0 Å². The minimum absolute atomic E-state index is 0.0785. The zero-order chi connectivity index (χ0) is 11.7. The SMILES string of the molecule is Cn1cnc(C2NCCOC23CCSCC3)n1. The van der Waals surface area contributed by atoms with E-state index in [1.165, 1.54) is 11.5 Å². The van der Waals surface area contributed by atoms with Gasteiger partial charge < -0.3 is 10.1 Å². The summed E-state index contributed by atoms with van der Waals surface area (Å²) < 4.78 is 7.88. The lowest BCUT2D eigenvalue weighted by Crippen LogP contribution is -2.54. The number of nitrogens with one attached hydrogen (secondary N) is 1. The Morgan fingerprint density at radius 1 is 1.53 bits per heavy atom. The standard InChI is InChI=1S/C11H18N4OS/c1-15-8-13-10(14-15)9-11(16-5-4-12-9)2-6-17-7-3-11/h8-9,12H,2-7H2,1H3. The Morgan fingerprint density at radius 2 is 2.35 bits per heavy atom. The Balaban J connectivity index is 1.89. The average molecular weight is 254 g/mol. The molecule has 0 aromatic carbocycles. The molecule has 0 aliphatic carbocycles. The number of aromatic nitrogens is 3. The van der Waals surface area contributed by atoms with Gasteiger partial charge in [-0.1, -0.05) is 0 Å². The van der Waals surface area contributed by atoms with Crippen LogP contribution in [-0.2, 0) is 11.8 Å². The van der Waals surface area contributed by atoms with E-state index in [0.29, 0.717) is 0 Å². The van der Waals surface area contributed by atoms with Gasteiger partial charge in [0.05, 0.1) is 18.2 Å². The molecule has 1 unspecified atom stereocenters. The smallest absolute Gasteiger partial charge is 0.170 e. The normalized spacial score (nSPS) is 28.4. The summed E-state index contributed by atoms with van der Waals surface area (Å²) in [6.45, 7) is 1.69. The van der Waals surface area contributed by atoms with Crippen LogP contribution in [0.4, 0.5) is 0 Å². The van der Waals surface area contributed by atoms with Gasteiger partial charge in [0, 0.05) is 13.6 Å². The highest BCUT2D eigenvalue weighted by Gasteiger charge is 2.45. The van der Waals surface area contributed by atoms with Gasteiger partial charge in [0.15, 0.2) is 5.82 Å². The van der Waals surface area contributed by atoms with Crippen molar-refractivity contribution in [2.45, 2.75) is 24.5 Å². The molecule has 94 valence electrons. The quantitative estimate of drug-likeness (QED) is 0.801. The molecule has 0 amide bonds. The molecule has 2 fully saturated rings. The van der Waals surface area contributed by atoms with Gasteiger partial charge in [-0.2, -0.15) is 16.9 Å². The average Bonchev–Trinajstić information content (AvgIpc) is 2.77. The second kappa shape index (κ2) is 4.59. The van der Waals surface area contributed by atoms with E-state index in [4.69, 9.17) is 4.74 Å². The van der Waals surface area contributed by atoms with Crippen molar-refractivity contribution in [3.8, 4) is 0 Å². The van der Waals surface area contributed by atoms with Crippen LogP contribution in [0.3, 0.4) is 0 Å². The molecule has 1 atom stereocenters. The Bertz CT molecular complexity index is 380. The predicted molar refractivity (Wildman–Crippen MR) is 67.0 cm³/mol. The van der Waals surface area contributed by atoms with Crippen LogP contribution in [0.2, 0.25) is 0 Å². The molecule has 3 heterocycles. The maximum atomic E-state index is 6.12. The fourth-order valence-corrected chi connectivity index (χ4v) is 3.88. The van der Waals surface area contributed by atoms with Gasteiger partial charge in [0.2, 0.25) is 0 Å². The Morgan fingerprint density at radius 3 is 3.06 bits per heavy atom. The number of thioether (sulfide) groups is 1. The molecule has 0 bridgehead atoms. The number of ether oxygens (including phenoxy) is 1. The minimum Gasteiger partial charge on any atom is -0.372 e. The van der Waals surface area contributed by atoms with Crippen molar-refractivity contribution in [3.63, 3.8) is 0 Å². The molecule has 0 radical (unpaired) electrons. The fourth-order valence-electron chi connectivity index (χ4n) is 2.69. The zero-order valence-corrected chi connectivity index (χ0v) is 10.9. The molecule has 1 N–H and O–H groups in total. The molecule has 2 saturated heterocycles. The summed E-state index contributed by atoms with van der Waals surface area (Å²) in [6, 6.07) is 0.151. The summed E-state index contributed by atoms with van der Waals surface area (Å²) in [5.41, 5.74) is -0.0785. The Labute approximate surface area is 105 Å². The van der Waals surface area contributed by atoms with Crippen molar-refractivity contribution in [1.29, 1.82) is 0 Å². The Hall–Kier alpha value is -0.590. The third-order valence-electron chi connectivity index (χ3n) is 3.58. The third kappa shape index (κ3) is 2.09. The largest absolute Gasteiger partial charge is 0.372 e. The lowest BCUT2D eigenvalue weighted by atomic mass is 9.86. The summed E-state index contributed by atoms with van der Waals surface area (Å²) in [5.74, 6) is 3.22. The van der Waals surface area contributed by atoms with Gasteiger partial charge in [-0.3, -0.25) is 4.68 Å². The first-order valence-corrected chi connectivity index (χ1v) is 7.26. The second-order valence-electron chi connectivity index (χ2n) is 4.69. The number of hydrogen-bond acceptors (Lipinski definition) is 5. The highest BCUT2D eigenvalue weighted by Crippen LogP contribution is 2.40. The second-order valence-corrected chi connectivity index (χ2v) is 5.91. The number of aryl methyl sites for hydroxylation is 1. The van der Waals surface area contributed by atoms with Crippen LogP contribution in [0.25, 0.3) is 0 Å². The lowest BCUT2D eigenvalue weighted by molar-refractivity contribution is -0.105. The minimum atomic E-state index is -0.0785. The van der Waals surface area contributed by atoms with Crippen LogP contribution in [0.1, 0.15) is 24.7 Å². The maximum absolute atomic E-state index is 6.12. The van der Waals surface area contributed by atoms with Crippen LogP contribution < -0.4 is 5.32 Å². The molecule has 5 nitrogen and oxygen atoms in total. The maximum Gasteiger partial charge on any atom is 0.170 e. The van der Waals surface area contributed by atoms with E-state index in [1.54, 1.807) is 11.0 Å². The van der Waals surface area contributed by atoms with Crippen molar-refractivity contribution < 1.29 is 4.74 Å². The molecule has 1 aromatic rings. The lowest BCUT2D eigenvalue weighted by Gasteiger charge is -2.45. The first-order chi connectivity index (χ1) is 8.30. The van der Waals surface area contributed by atoms with Gasteiger partial charge in [-0.25, -0.2) is 4.98 Å². The van der Waals surface area contributed by atoms with Gasteiger partial charge in [0.25, 0.3) is 0 Å². The van der Waals surface area contributed by atoms with Gasteiger partial charge in [-0.15, -0.1) is 0 Å². The highest BCUT2D eigenvalue weighted by atomic mass is 32.2. The summed E-state index contributed by atoms with van der Waals surface area (Å²) in [7, 11) is 1.91. The van der Waals surface area contributed by atoms with Crippen LogP contribution in [0.15, 0.2) is 6.33 Å². The van der Waals surface area contributed by atoms with E-state index in [0.717, 1.165) is 31.8 Å². The number of nitrogens with zero attached hydrogens (tertiary/aromatic N) is 3. The summed E-state index contributed by atoms with van der Waals surface area (Å²) >= 11 is 2.01. The van der Waals surface area contributed by atoms with Crippen molar-refractivity contribution >= 4 is 11.8 Å². The number of hydrogen-bond donors (Lipinski definition) is 1. The van der Waals surface area contributed by atoms with Crippen LogP contribution in [0.5, 0.6) is 0 Å². The molecule has 17 heavy (non-hydrogen) atoms.